The number of hydrogen-bond acceptors (Lipinski definition) is 3. The summed E-state index contributed by atoms with van der Waals surface area (Å²) in [5.41, 5.74) is 1.73. The standard InChI is InChI=1S/C17H16O3/c1-3-15(18)14-10-13(9-11(2)16(14)19)17(20)12-7-5-4-6-8-12/h4-10,19H,3H2,1-2H3. The van der Waals surface area contributed by atoms with Gasteiger partial charge >= 0.3 is 0 Å². The van der Waals surface area contributed by atoms with Crippen molar-refractivity contribution in [1.82, 2.24) is 0 Å². The SMILES string of the molecule is CCC(=O)c1cc(C(=O)c2ccccc2)cc(C)c1O. The molecule has 3 heteroatoms. The molecule has 0 heterocycles. The Hall–Kier alpha value is -2.42. The zero-order valence-electron chi connectivity index (χ0n) is 11.5. The summed E-state index contributed by atoms with van der Waals surface area (Å²) in [4.78, 5) is 24.2. The van der Waals surface area contributed by atoms with Crippen LogP contribution in [0.1, 0.15) is 45.2 Å². The van der Waals surface area contributed by atoms with Crippen molar-refractivity contribution in [3.63, 3.8) is 0 Å². The maximum Gasteiger partial charge on any atom is 0.193 e. The minimum Gasteiger partial charge on any atom is -0.507 e. The van der Waals surface area contributed by atoms with Gasteiger partial charge in [-0.05, 0) is 24.6 Å². The molecule has 0 saturated heterocycles. The number of carbonyl (C=O) groups is 2. The van der Waals surface area contributed by atoms with Crippen molar-refractivity contribution in [2.24, 2.45) is 0 Å². The number of aryl methyl sites for hydroxylation is 1. The molecule has 1 N–H and O–H groups in total. The number of rotatable bonds is 4. The molecule has 0 amide bonds. The van der Waals surface area contributed by atoms with Crippen LogP contribution < -0.4 is 0 Å². The third-order valence-corrected chi connectivity index (χ3v) is 3.22. The van der Waals surface area contributed by atoms with Gasteiger partial charge in [-0.2, -0.15) is 0 Å². The molecule has 0 spiro atoms. The monoisotopic (exact) mass is 268 g/mol. The van der Waals surface area contributed by atoms with E-state index in [1.807, 2.05) is 6.07 Å². The van der Waals surface area contributed by atoms with Gasteiger partial charge < -0.3 is 5.11 Å². The van der Waals surface area contributed by atoms with Gasteiger partial charge in [0, 0.05) is 17.5 Å². The normalized spacial score (nSPS) is 10.3. The van der Waals surface area contributed by atoms with E-state index in [-0.39, 0.29) is 29.3 Å². The highest BCUT2D eigenvalue weighted by Gasteiger charge is 2.17. The Kier molecular flexibility index (Phi) is 3.99. The van der Waals surface area contributed by atoms with Crippen molar-refractivity contribution in [3.05, 3.63) is 64.7 Å². The van der Waals surface area contributed by atoms with Crippen molar-refractivity contribution < 1.29 is 14.7 Å². The van der Waals surface area contributed by atoms with E-state index in [1.54, 1.807) is 44.2 Å². The zero-order chi connectivity index (χ0) is 14.7. The molecule has 0 fully saturated rings. The fourth-order valence-electron chi connectivity index (χ4n) is 2.07. The van der Waals surface area contributed by atoms with Crippen LogP contribution in [-0.4, -0.2) is 16.7 Å². The fourth-order valence-corrected chi connectivity index (χ4v) is 2.07. The van der Waals surface area contributed by atoms with E-state index < -0.39 is 0 Å². The van der Waals surface area contributed by atoms with Crippen molar-refractivity contribution in [2.75, 3.05) is 0 Å². The lowest BCUT2D eigenvalue weighted by atomic mass is 9.96. The van der Waals surface area contributed by atoms with Gasteiger partial charge in [-0.15, -0.1) is 0 Å². The number of carbonyl (C=O) groups excluding carboxylic acids is 2. The Morgan fingerprint density at radius 3 is 2.30 bits per heavy atom. The Balaban J connectivity index is 2.51. The predicted molar refractivity (Wildman–Crippen MR) is 77.3 cm³/mol. The summed E-state index contributed by atoms with van der Waals surface area (Å²) in [6.07, 6.45) is 0.288. The maximum absolute atomic E-state index is 12.4. The van der Waals surface area contributed by atoms with Gasteiger partial charge in [0.2, 0.25) is 0 Å². The Labute approximate surface area is 117 Å². The maximum atomic E-state index is 12.4. The number of phenols is 1. The van der Waals surface area contributed by atoms with Crippen molar-refractivity contribution in [2.45, 2.75) is 20.3 Å². The van der Waals surface area contributed by atoms with E-state index in [1.165, 1.54) is 6.07 Å². The second-order valence-electron chi connectivity index (χ2n) is 4.66. The van der Waals surface area contributed by atoms with Gasteiger partial charge in [-0.3, -0.25) is 9.59 Å². The molecule has 2 aromatic rings. The van der Waals surface area contributed by atoms with E-state index in [0.717, 1.165) is 0 Å². The number of ketones is 2. The lowest BCUT2D eigenvalue weighted by Crippen LogP contribution is -2.06. The Morgan fingerprint density at radius 2 is 1.70 bits per heavy atom. The van der Waals surface area contributed by atoms with Crippen LogP contribution >= 0.6 is 0 Å². The molecule has 2 rings (SSSR count). The van der Waals surface area contributed by atoms with E-state index in [2.05, 4.69) is 0 Å². The van der Waals surface area contributed by atoms with Crippen molar-refractivity contribution in [1.29, 1.82) is 0 Å². The molecule has 2 aromatic carbocycles. The molecule has 102 valence electrons. The van der Waals surface area contributed by atoms with Crippen LogP contribution in [0, 0.1) is 6.92 Å². The summed E-state index contributed by atoms with van der Waals surface area (Å²) in [7, 11) is 0. The second-order valence-corrected chi connectivity index (χ2v) is 4.66. The molecule has 0 aliphatic carbocycles. The van der Waals surface area contributed by atoms with Gasteiger partial charge in [-0.1, -0.05) is 37.3 Å². The van der Waals surface area contributed by atoms with Gasteiger partial charge in [0.25, 0.3) is 0 Å². The molecule has 3 nitrogen and oxygen atoms in total. The largest absolute Gasteiger partial charge is 0.507 e. The van der Waals surface area contributed by atoms with Crippen LogP contribution in [0.4, 0.5) is 0 Å². The minimum atomic E-state index is -0.173. The average Bonchev–Trinajstić information content (AvgIpc) is 2.49. The van der Waals surface area contributed by atoms with Crippen LogP contribution in [0.25, 0.3) is 0 Å². The summed E-state index contributed by atoms with van der Waals surface area (Å²) in [6.45, 7) is 3.41. The van der Waals surface area contributed by atoms with Crippen LogP contribution in [0.2, 0.25) is 0 Å². The van der Waals surface area contributed by atoms with Gasteiger partial charge in [0.05, 0.1) is 5.56 Å². The highest BCUT2D eigenvalue weighted by molar-refractivity contribution is 6.11. The molecule has 0 unspecified atom stereocenters. The zero-order valence-corrected chi connectivity index (χ0v) is 11.5. The highest BCUT2D eigenvalue weighted by Crippen LogP contribution is 2.26. The fraction of sp³-hybridized carbons (Fsp3) is 0.176. The lowest BCUT2D eigenvalue weighted by Gasteiger charge is -2.09. The van der Waals surface area contributed by atoms with E-state index in [0.29, 0.717) is 16.7 Å². The average molecular weight is 268 g/mol. The smallest absolute Gasteiger partial charge is 0.193 e. The predicted octanol–water partition coefficient (Wildman–Crippen LogP) is 3.52. The van der Waals surface area contributed by atoms with Crippen LogP contribution in [0.15, 0.2) is 42.5 Å². The summed E-state index contributed by atoms with van der Waals surface area (Å²) >= 11 is 0. The molecular weight excluding hydrogens is 252 g/mol. The Bertz CT molecular complexity index is 657. The lowest BCUT2D eigenvalue weighted by molar-refractivity contribution is 0.0985. The van der Waals surface area contributed by atoms with Gasteiger partial charge in [-0.25, -0.2) is 0 Å². The van der Waals surface area contributed by atoms with Crippen LogP contribution in [0.3, 0.4) is 0 Å². The summed E-state index contributed by atoms with van der Waals surface area (Å²) in [6, 6.07) is 12.0. The minimum absolute atomic E-state index is 0.0403. The number of benzene rings is 2. The van der Waals surface area contributed by atoms with E-state index in [9.17, 15) is 14.7 Å². The topological polar surface area (TPSA) is 54.4 Å². The first-order chi connectivity index (χ1) is 9.54. The van der Waals surface area contributed by atoms with Crippen molar-refractivity contribution in [3.8, 4) is 5.75 Å². The van der Waals surface area contributed by atoms with Crippen LogP contribution in [0.5, 0.6) is 5.75 Å². The first-order valence-corrected chi connectivity index (χ1v) is 6.51. The molecule has 0 aliphatic heterocycles. The number of hydrogen-bond donors (Lipinski definition) is 1. The summed E-state index contributed by atoms with van der Waals surface area (Å²) in [5, 5.41) is 9.94. The third kappa shape index (κ3) is 2.62. The molecule has 0 saturated carbocycles. The first kappa shape index (κ1) is 14.0. The second kappa shape index (κ2) is 5.70. The molecule has 0 aliphatic rings. The third-order valence-electron chi connectivity index (χ3n) is 3.22. The number of aromatic hydroxyl groups is 1. The first-order valence-electron chi connectivity index (χ1n) is 6.51. The quantitative estimate of drug-likeness (QED) is 0.863. The highest BCUT2D eigenvalue weighted by atomic mass is 16.3. The molecule has 0 aromatic heterocycles. The van der Waals surface area contributed by atoms with Crippen molar-refractivity contribution >= 4 is 11.6 Å². The molecular formula is C17H16O3. The van der Waals surface area contributed by atoms with Gasteiger partial charge in [0.1, 0.15) is 5.75 Å². The van der Waals surface area contributed by atoms with Gasteiger partial charge in [0.15, 0.2) is 11.6 Å². The number of Topliss-reactive ketones (excluding diaryl/α,β-unsaturated/α-hetero) is 1. The summed E-state index contributed by atoms with van der Waals surface area (Å²) in [5.74, 6) is -0.367. The number of phenolic OH excluding ortho intramolecular Hbond substituents is 1. The molecule has 0 radical (unpaired) electrons. The summed E-state index contributed by atoms with van der Waals surface area (Å²) < 4.78 is 0. The molecule has 0 bridgehead atoms. The van der Waals surface area contributed by atoms with E-state index in [4.69, 9.17) is 0 Å². The molecule has 20 heavy (non-hydrogen) atoms. The van der Waals surface area contributed by atoms with E-state index >= 15 is 0 Å². The van der Waals surface area contributed by atoms with Crippen LogP contribution in [-0.2, 0) is 0 Å². The Morgan fingerprint density at radius 1 is 1.05 bits per heavy atom. The molecule has 0 atom stereocenters.